The Morgan fingerprint density at radius 1 is 0.947 bits per heavy atom. The first-order chi connectivity index (χ1) is 17.6. The summed E-state index contributed by atoms with van der Waals surface area (Å²) in [6.07, 6.45) is 1.08. The highest BCUT2D eigenvalue weighted by atomic mass is 35.5. The number of sulfone groups is 1. The van der Waals surface area contributed by atoms with Crippen molar-refractivity contribution in [2.24, 2.45) is 14.1 Å². The third kappa shape index (κ3) is 4.54. The number of carbonyl (C=O) groups excluding carboxylic acids is 1. The van der Waals surface area contributed by atoms with Gasteiger partial charge in [-0.05, 0) is 45.9 Å². The lowest BCUT2D eigenvalue weighted by Crippen LogP contribution is -2.14. The van der Waals surface area contributed by atoms with Crippen molar-refractivity contribution in [3.8, 4) is 11.4 Å². The first-order valence-electron chi connectivity index (χ1n) is 11.5. The van der Waals surface area contributed by atoms with E-state index in [-0.39, 0.29) is 55.8 Å². The van der Waals surface area contributed by atoms with E-state index in [0.717, 1.165) is 17.6 Å². The maximum atomic E-state index is 14.0. The predicted octanol–water partition coefficient (Wildman–Crippen LogP) is 3.29. The van der Waals surface area contributed by atoms with Crippen molar-refractivity contribution in [2.75, 3.05) is 6.26 Å². The Kier molecular flexibility index (Phi) is 6.83. The van der Waals surface area contributed by atoms with Crippen molar-refractivity contribution >= 4 is 33.2 Å². The van der Waals surface area contributed by atoms with Crippen LogP contribution in [-0.4, -0.2) is 60.9 Å². The maximum Gasteiger partial charge on any atom is 0.339 e. The summed E-state index contributed by atoms with van der Waals surface area (Å²) < 4.78 is 29.7. The van der Waals surface area contributed by atoms with Crippen LogP contribution in [0.15, 0.2) is 23.1 Å². The number of carbonyl (C=O) groups is 2. The van der Waals surface area contributed by atoms with Gasteiger partial charge in [-0.25, -0.2) is 13.2 Å². The zero-order valence-electron chi connectivity index (χ0n) is 22.0. The van der Waals surface area contributed by atoms with Crippen LogP contribution >= 0.6 is 11.6 Å². The van der Waals surface area contributed by atoms with Gasteiger partial charge in [0.05, 0.1) is 44.8 Å². The summed E-state index contributed by atoms with van der Waals surface area (Å²) in [5.41, 5.74) is 3.06. The number of aromatic nitrogens is 6. The zero-order chi connectivity index (χ0) is 28.3. The molecule has 0 atom stereocenters. The number of benzene rings is 1. The molecule has 1 aromatic carbocycles. The van der Waals surface area contributed by atoms with Crippen molar-refractivity contribution in [3.63, 3.8) is 0 Å². The van der Waals surface area contributed by atoms with Crippen molar-refractivity contribution in [1.82, 2.24) is 29.3 Å². The van der Waals surface area contributed by atoms with Crippen molar-refractivity contribution in [3.05, 3.63) is 68.3 Å². The average Bonchev–Trinajstić information content (AvgIpc) is 3.38. The Bertz CT molecular complexity index is 1750. The molecule has 0 saturated carbocycles. The molecule has 4 aromatic rings. The number of aryl methyl sites for hydroxylation is 6. The monoisotopic (exact) mass is 558 g/mol. The van der Waals surface area contributed by atoms with E-state index in [9.17, 15) is 23.1 Å². The van der Waals surface area contributed by atoms with Crippen LogP contribution in [0.2, 0.25) is 5.02 Å². The molecule has 3 heterocycles. The predicted molar refractivity (Wildman–Crippen MR) is 141 cm³/mol. The molecule has 3 aromatic heterocycles. The lowest BCUT2D eigenvalue weighted by atomic mass is 9.96. The topological polar surface area (TPSA) is 142 Å². The number of ketones is 1. The number of nitrogens with zero attached hydrogens (tertiary/aromatic N) is 6. The van der Waals surface area contributed by atoms with Crippen LogP contribution in [0.4, 0.5) is 0 Å². The molecule has 4 rings (SSSR count). The summed E-state index contributed by atoms with van der Waals surface area (Å²) in [5, 5.41) is 22.9. The van der Waals surface area contributed by atoms with Gasteiger partial charge in [-0.1, -0.05) is 11.6 Å². The van der Waals surface area contributed by atoms with Crippen LogP contribution in [0, 0.1) is 27.7 Å². The molecule has 0 aliphatic heterocycles. The number of halogens is 1. The SMILES string of the molecule is Cc1cc(C)n(Cc2c(S(C)(=O)=O)ccc(C(=O)c3c(C)nn(C)c3-c3c(C(=O)O)c(C)nn3C)c2Cl)n1. The quantitative estimate of drug-likeness (QED) is 0.340. The van der Waals surface area contributed by atoms with Crippen molar-refractivity contribution in [2.45, 2.75) is 39.1 Å². The molecule has 200 valence electrons. The molecular weight excluding hydrogens is 532 g/mol. The Hall–Kier alpha value is -3.77. The number of rotatable bonds is 7. The molecule has 0 unspecified atom stereocenters. The molecular formula is C25H27ClN6O5S. The smallest absolute Gasteiger partial charge is 0.339 e. The first kappa shape index (κ1) is 27.3. The van der Waals surface area contributed by atoms with Gasteiger partial charge in [0.1, 0.15) is 11.3 Å². The summed E-state index contributed by atoms with van der Waals surface area (Å²) in [4.78, 5) is 26.1. The second-order valence-corrected chi connectivity index (χ2v) is 11.6. The highest BCUT2D eigenvalue weighted by molar-refractivity contribution is 7.90. The molecule has 38 heavy (non-hydrogen) atoms. The van der Waals surface area contributed by atoms with Gasteiger partial charge in [-0.15, -0.1) is 0 Å². The maximum absolute atomic E-state index is 14.0. The molecule has 0 bridgehead atoms. The van der Waals surface area contributed by atoms with E-state index in [2.05, 4.69) is 15.3 Å². The molecule has 0 saturated heterocycles. The summed E-state index contributed by atoms with van der Waals surface area (Å²) in [6, 6.07) is 4.58. The van der Waals surface area contributed by atoms with Crippen molar-refractivity contribution < 1.29 is 23.1 Å². The summed E-state index contributed by atoms with van der Waals surface area (Å²) in [7, 11) is -0.497. The van der Waals surface area contributed by atoms with Gasteiger partial charge in [0.25, 0.3) is 0 Å². The van der Waals surface area contributed by atoms with Crippen LogP contribution < -0.4 is 0 Å². The van der Waals surface area contributed by atoms with Gasteiger partial charge in [0, 0.05) is 37.2 Å². The lowest BCUT2D eigenvalue weighted by molar-refractivity contribution is 0.0696. The average molecular weight is 559 g/mol. The summed E-state index contributed by atoms with van der Waals surface area (Å²) >= 11 is 6.78. The fraction of sp³-hybridized carbons (Fsp3) is 0.320. The Balaban J connectivity index is 1.96. The Labute approximate surface area is 224 Å². The number of hydrogen-bond acceptors (Lipinski definition) is 7. The molecule has 0 fully saturated rings. The van der Waals surface area contributed by atoms with Gasteiger partial charge in [-0.3, -0.25) is 18.8 Å². The standard InChI is InChI=1S/C25H27ClN6O5S/c1-12-10-13(2)32(27-12)11-17-18(38(7,36)37)9-8-16(21(17)26)24(33)19-14(3)28-30(5)22(19)23-20(25(34)35)15(4)29-31(23)6/h8-10H,11H2,1-7H3,(H,34,35). The van der Waals surface area contributed by atoms with E-state index >= 15 is 0 Å². The van der Waals surface area contributed by atoms with Crippen LogP contribution in [0.1, 0.15) is 54.6 Å². The number of carboxylic acid groups (broad SMARTS) is 1. The third-order valence-electron chi connectivity index (χ3n) is 6.37. The molecule has 1 N–H and O–H groups in total. The van der Waals surface area contributed by atoms with Crippen LogP contribution in [-0.2, 0) is 30.5 Å². The van der Waals surface area contributed by atoms with E-state index in [1.54, 1.807) is 32.6 Å². The summed E-state index contributed by atoms with van der Waals surface area (Å²) in [6.45, 7) is 6.90. The Morgan fingerprint density at radius 2 is 1.50 bits per heavy atom. The van der Waals surface area contributed by atoms with Gasteiger partial charge >= 0.3 is 5.97 Å². The number of hydrogen-bond donors (Lipinski definition) is 1. The van der Waals surface area contributed by atoms with Gasteiger partial charge < -0.3 is 5.11 Å². The third-order valence-corrected chi connectivity index (χ3v) is 7.98. The van der Waals surface area contributed by atoms with E-state index in [4.69, 9.17) is 11.6 Å². The molecule has 13 heteroatoms. The van der Waals surface area contributed by atoms with Gasteiger partial charge in [0.15, 0.2) is 15.6 Å². The molecule has 0 radical (unpaired) electrons. The molecule has 0 aliphatic rings. The minimum absolute atomic E-state index is 0.00911. The van der Waals surface area contributed by atoms with Crippen molar-refractivity contribution in [1.29, 1.82) is 0 Å². The highest BCUT2D eigenvalue weighted by Crippen LogP contribution is 2.35. The zero-order valence-corrected chi connectivity index (χ0v) is 23.6. The minimum Gasteiger partial charge on any atom is -0.478 e. The molecule has 11 nitrogen and oxygen atoms in total. The molecule has 0 spiro atoms. The molecule has 0 aliphatic carbocycles. The minimum atomic E-state index is -3.69. The normalized spacial score (nSPS) is 11.8. The second kappa shape index (κ2) is 9.52. The van der Waals surface area contributed by atoms with E-state index in [1.807, 2.05) is 19.9 Å². The van der Waals surface area contributed by atoms with Gasteiger partial charge in [-0.2, -0.15) is 15.3 Å². The van der Waals surface area contributed by atoms with Crippen LogP contribution in [0.25, 0.3) is 11.4 Å². The fourth-order valence-corrected chi connectivity index (χ4v) is 6.08. The van der Waals surface area contributed by atoms with E-state index < -0.39 is 21.6 Å². The highest BCUT2D eigenvalue weighted by Gasteiger charge is 2.32. The number of carboxylic acids is 1. The van der Waals surface area contributed by atoms with Crippen LogP contribution in [0.3, 0.4) is 0 Å². The number of aromatic carboxylic acids is 1. The Morgan fingerprint density at radius 3 is 2.00 bits per heavy atom. The van der Waals surface area contributed by atoms with E-state index in [1.165, 1.54) is 21.5 Å². The van der Waals surface area contributed by atoms with E-state index in [0.29, 0.717) is 5.69 Å². The summed E-state index contributed by atoms with van der Waals surface area (Å²) in [5.74, 6) is -1.72. The second-order valence-electron chi connectivity index (χ2n) is 9.26. The molecule has 0 amide bonds. The largest absolute Gasteiger partial charge is 0.478 e. The fourth-order valence-electron chi connectivity index (χ4n) is 4.78. The van der Waals surface area contributed by atoms with Crippen LogP contribution in [0.5, 0.6) is 0 Å². The van der Waals surface area contributed by atoms with Gasteiger partial charge in [0.2, 0.25) is 0 Å². The lowest BCUT2D eigenvalue weighted by Gasteiger charge is -2.15. The first-order valence-corrected chi connectivity index (χ1v) is 13.8.